The van der Waals surface area contributed by atoms with Gasteiger partial charge in [0.1, 0.15) is 6.33 Å². The molecule has 0 aliphatic carbocycles. The number of benzene rings is 2. The summed E-state index contributed by atoms with van der Waals surface area (Å²) in [5.41, 5.74) is 2.33. The van der Waals surface area contributed by atoms with Crippen molar-refractivity contribution in [2.45, 2.75) is 12.8 Å². The van der Waals surface area contributed by atoms with Crippen LogP contribution in [0.3, 0.4) is 0 Å². The van der Waals surface area contributed by atoms with E-state index in [2.05, 4.69) is 20.4 Å². The highest BCUT2D eigenvalue weighted by Crippen LogP contribution is 2.17. The number of fused-ring (bicyclic) bond motifs is 3. The summed E-state index contributed by atoms with van der Waals surface area (Å²) in [5, 5.41) is 8.80. The minimum atomic E-state index is -0.0934. The normalized spacial score (nSPS) is 11.1. The summed E-state index contributed by atoms with van der Waals surface area (Å²) in [6.45, 7) is 0. The Kier molecular flexibility index (Phi) is 4.03. The van der Waals surface area contributed by atoms with E-state index in [0.29, 0.717) is 29.4 Å². The number of hydrogen-bond donors (Lipinski definition) is 1. The molecule has 0 bridgehead atoms. The molecule has 6 nitrogen and oxygen atoms in total. The zero-order valence-corrected chi connectivity index (χ0v) is 13.9. The van der Waals surface area contributed by atoms with Crippen molar-refractivity contribution in [2.75, 3.05) is 5.32 Å². The number of carbonyl (C=O) groups is 1. The van der Waals surface area contributed by atoms with Crippen LogP contribution in [0.15, 0.2) is 54.9 Å². The van der Waals surface area contributed by atoms with Crippen molar-refractivity contribution >= 4 is 39.7 Å². The third-order valence-electron chi connectivity index (χ3n) is 3.83. The molecule has 7 heteroatoms. The van der Waals surface area contributed by atoms with E-state index in [0.717, 1.165) is 16.6 Å². The first-order valence-corrected chi connectivity index (χ1v) is 8.21. The fourth-order valence-corrected chi connectivity index (χ4v) is 2.74. The number of rotatable bonds is 4. The molecule has 2 heterocycles. The maximum atomic E-state index is 12.1. The van der Waals surface area contributed by atoms with Crippen LogP contribution in [0.1, 0.15) is 12.2 Å². The smallest absolute Gasteiger partial charge is 0.224 e. The van der Waals surface area contributed by atoms with Gasteiger partial charge >= 0.3 is 0 Å². The Hall–Kier alpha value is -2.99. The van der Waals surface area contributed by atoms with E-state index in [1.165, 1.54) is 0 Å². The third-order valence-corrected chi connectivity index (χ3v) is 4.08. The van der Waals surface area contributed by atoms with Crippen molar-refractivity contribution in [3.05, 3.63) is 65.7 Å². The summed E-state index contributed by atoms with van der Waals surface area (Å²) in [6.07, 6.45) is 2.39. The molecule has 0 aliphatic rings. The molecule has 0 saturated heterocycles. The number of halogens is 1. The summed E-state index contributed by atoms with van der Waals surface area (Å²) in [5.74, 6) is 0.522. The van der Waals surface area contributed by atoms with Gasteiger partial charge < -0.3 is 5.32 Å². The fraction of sp³-hybridized carbons (Fsp3) is 0.111. The van der Waals surface area contributed by atoms with E-state index in [4.69, 9.17) is 11.6 Å². The van der Waals surface area contributed by atoms with Crippen molar-refractivity contribution in [3.63, 3.8) is 0 Å². The minimum absolute atomic E-state index is 0.0934. The van der Waals surface area contributed by atoms with Crippen molar-refractivity contribution in [1.82, 2.24) is 19.6 Å². The molecule has 0 radical (unpaired) electrons. The van der Waals surface area contributed by atoms with Gasteiger partial charge in [0.2, 0.25) is 5.91 Å². The molecule has 2 aromatic carbocycles. The van der Waals surface area contributed by atoms with E-state index >= 15 is 0 Å². The maximum Gasteiger partial charge on any atom is 0.224 e. The molecule has 0 saturated carbocycles. The number of aromatic nitrogens is 4. The molecule has 2 aromatic heterocycles. The molecule has 0 fully saturated rings. The van der Waals surface area contributed by atoms with Gasteiger partial charge in [-0.3, -0.25) is 4.79 Å². The third kappa shape index (κ3) is 3.29. The highest BCUT2D eigenvalue weighted by molar-refractivity contribution is 6.30. The van der Waals surface area contributed by atoms with Gasteiger partial charge in [-0.05, 0) is 36.4 Å². The lowest BCUT2D eigenvalue weighted by molar-refractivity contribution is -0.116. The quantitative estimate of drug-likeness (QED) is 0.610. The van der Waals surface area contributed by atoms with Gasteiger partial charge in [-0.2, -0.15) is 0 Å². The van der Waals surface area contributed by atoms with Gasteiger partial charge in [0.15, 0.2) is 11.5 Å². The van der Waals surface area contributed by atoms with Crippen LogP contribution < -0.4 is 5.32 Å². The Balaban J connectivity index is 1.48. The number of para-hydroxylation sites is 1. The zero-order valence-electron chi connectivity index (χ0n) is 13.2. The van der Waals surface area contributed by atoms with E-state index in [1.54, 1.807) is 35.1 Å². The number of nitrogens with zero attached hydrogens (tertiary/aromatic N) is 4. The Labute approximate surface area is 148 Å². The first-order valence-electron chi connectivity index (χ1n) is 7.83. The van der Waals surface area contributed by atoms with Gasteiger partial charge in [0.05, 0.1) is 5.52 Å². The second-order valence-electron chi connectivity index (χ2n) is 5.61. The SMILES string of the molecule is O=C(CCc1nc2c3ccccc3ncn2n1)Nc1ccc(Cl)cc1. The minimum Gasteiger partial charge on any atom is -0.326 e. The summed E-state index contributed by atoms with van der Waals surface area (Å²) >= 11 is 5.83. The Morgan fingerprint density at radius 3 is 2.76 bits per heavy atom. The van der Waals surface area contributed by atoms with E-state index in [1.807, 2.05) is 24.3 Å². The van der Waals surface area contributed by atoms with Crippen molar-refractivity contribution in [1.29, 1.82) is 0 Å². The highest BCUT2D eigenvalue weighted by atomic mass is 35.5. The zero-order chi connectivity index (χ0) is 17.2. The van der Waals surface area contributed by atoms with E-state index < -0.39 is 0 Å². The second-order valence-corrected chi connectivity index (χ2v) is 6.05. The Morgan fingerprint density at radius 2 is 1.92 bits per heavy atom. The number of hydrogen-bond acceptors (Lipinski definition) is 4. The molecule has 1 amide bonds. The lowest BCUT2D eigenvalue weighted by atomic mass is 10.2. The van der Waals surface area contributed by atoms with Gasteiger partial charge in [0.25, 0.3) is 0 Å². The van der Waals surface area contributed by atoms with Crippen molar-refractivity contribution in [3.8, 4) is 0 Å². The molecule has 0 spiro atoms. The number of amides is 1. The summed E-state index contributed by atoms with van der Waals surface area (Å²) < 4.78 is 1.65. The Morgan fingerprint density at radius 1 is 1.12 bits per heavy atom. The summed E-state index contributed by atoms with van der Waals surface area (Å²) in [4.78, 5) is 21.0. The van der Waals surface area contributed by atoms with Crippen LogP contribution >= 0.6 is 11.6 Å². The predicted octanol–water partition coefficient (Wildman–Crippen LogP) is 3.50. The standard InChI is InChI=1S/C18H14ClN5O/c19-12-5-7-13(8-6-12)21-17(25)10-9-16-22-18-14-3-1-2-4-15(14)20-11-24(18)23-16/h1-8,11H,9-10H2,(H,21,25). The molecule has 124 valence electrons. The average molecular weight is 352 g/mol. The van der Waals surface area contributed by atoms with Crippen LogP contribution in [-0.4, -0.2) is 25.5 Å². The van der Waals surface area contributed by atoms with Crippen molar-refractivity contribution < 1.29 is 4.79 Å². The van der Waals surface area contributed by atoms with Crippen LogP contribution in [0.5, 0.6) is 0 Å². The fourth-order valence-electron chi connectivity index (χ4n) is 2.61. The summed E-state index contributed by atoms with van der Waals surface area (Å²) in [7, 11) is 0. The first-order chi connectivity index (χ1) is 12.2. The molecular formula is C18H14ClN5O. The summed E-state index contributed by atoms with van der Waals surface area (Å²) in [6, 6.07) is 14.8. The predicted molar refractivity (Wildman–Crippen MR) is 96.7 cm³/mol. The molecule has 1 N–H and O–H groups in total. The number of carbonyl (C=O) groups excluding carboxylic acids is 1. The molecular weight excluding hydrogens is 338 g/mol. The van der Waals surface area contributed by atoms with Crippen LogP contribution in [-0.2, 0) is 11.2 Å². The molecule has 4 rings (SSSR count). The number of nitrogens with one attached hydrogen (secondary N) is 1. The van der Waals surface area contributed by atoms with E-state index in [-0.39, 0.29) is 5.91 Å². The van der Waals surface area contributed by atoms with Crippen LogP contribution in [0, 0.1) is 0 Å². The molecule has 0 unspecified atom stereocenters. The number of aryl methyl sites for hydroxylation is 1. The monoisotopic (exact) mass is 351 g/mol. The van der Waals surface area contributed by atoms with Crippen LogP contribution in [0.4, 0.5) is 5.69 Å². The lowest BCUT2D eigenvalue weighted by Gasteiger charge is -2.03. The van der Waals surface area contributed by atoms with Crippen LogP contribution in [0.2, 0.25) is 5.02 Å². The topological polar surface area (TPSA) is 72.2 Å². The van der Waals surface area contributed by atoms with Gasteiger partial charge in [-0.1, -0.05) is 23.7 Å². The maximum absolute atomic E-state index is 12.1. The Bertz CT molecular complexity index is 1060. The second kappa shape index (κ2) is 6.49. The van der Waals surface area contributed by atoms with E-state index in [9.17, 15) is 4.79 Å². The van der Waals surface area contributed by atoms with Crippen LogP contribution in [0.25, 0.3) is 16.6 Å². The molecule has 0 aliphatic heterocycles. The molecule has 0 atom stereocenters. The average Bonchev–Trinajstić information content (AvgIpc) is 3.06. The number of anilines is 1. The highest BCUT2D eigenvalue weighted by Gasteiger charge is 2.10. The van der Waals surface area contributed by atoms with Crippen molar-refractivity contribution in [2.24, 2.45) is 0 Å². The first kappa shape index (κ1) is 15.5. The lowest BCUT2D eigenvalue weighted by Crippen LogP contribution is -2.12. The molecule has 25 heavy (non-hydrogen) atoms. The van der Waals surface area contributed by atoms with Gasteiger partial charge in [-0.15, -0.1) is 5.10 Å². The molecule has 4 aromatic rings. The van der Waals surface area contributed by atoms with Gasteiger partial charge in [0, 0.05) is 28.9 Å². The largest absolute Gasteiger partial charge is 0.326 e. The van der Waals surface area contributed by atoms with Gasteiger partial charge in [-0.25, -0.2) is 14.5 Å².